The summed E-state index contributed by atoms with van der Waals surface area (Å²) >= 11 is 0. The Morgan fingerprint density at radius 2 is 0.696 bits per heavy atom. The van der Waals surface area contributed by atoms with Crippen molar-refractivity contribution in [3.8, 4) is 62.1 Å². The minimum Gasteiger partial charge on any atom is -0.456 e. The smallest absolute Gasteiger partial charge is 0.164 e. The number of furan rings is 1. The van der Waals surface area contributed by atoms with E-state index in [0.717, 1.165) is 66.6 Å². The van der Waals surface area contributed by atoms with Gasteiger partial charge in [-0.2, -0.15) is 0 Å². The summed E-state index contributed by atoms with van der Waals surface area (Å²) in [5, 5.41) is 4.49. The van der Waals surface area contributed by atoms with Crippen molar-refractivity contribution in [2.45, 2.75) is 0 Å². The Morgan fingerprint density at radius 1 is 0.304 bits per heavy atom. The monoisotopic (exact) mass is 716 g/mol. The lowest BCUT2D eigenvalue weighted by Crippen LogP contribution is -2.00. The van der Waals surface area contributed by atoms with Crippen molar-refractivity contribution >= 4 is 43.7 Å². The molecule has 0 aliphatic heterocycles. The first-order valence-corrected chi connectivity index (χ1v) is 18.8. The molecule has 0 saturated heterocycles. The molecule has 0 bridgehead atoms. The van der Waals surface area contributed by atoms with Crippen LogP contribution >= 0.6 is 0 Å². The predicted molar refractivity (Wildman–Crippen MR) is 229 cm³/mol. The summed E-state index contributed by atoms with van der Waals surface area (Å²) in [5.41, 5.74) is 12.4. The molecule has 262 valence electrons. The van der Waals surface area contributed by atoms with Crippen molar-refractivity contribution in [2.75, 3.05) is 0 Å². The maximum atomic E-state index is 6.41. The molecule has 0 atom stereocenters. The molecular weight excluding hydrogens is 685 g/mol. The Bertz CT molecular complexity index is 3060. The fourth-order valence-corrected chi connectivity index (χ4v) is 7.89. The molecule has 3 heterocycles. The molecule has 3 aromatic heterocycles. The molecule has 8 aromatic carbocycles. The van der Waals surface area contributed by atoms with Crippen molar-refractivity contribution in [1.29, 1.82) is 0 Å². The largest absolute Gasteiger partial charge is 0.456 e. The van der Waals surface area contributed by atoms with E-state index in [2.05, 4.69) is 174 Å². The summed E-state index contributed by atoms with van der Waals surface area (Å²) in [4.78, 5) is 15.3. The van der Waals surface area contributed by atoms with Crippen LogP contribution in [0.5, 0.6) is 0 Å². The van der Waals surface area contributed by atoms with E-state index in [1.54, 1.807) is 0 Å². The first kappa shape index (κ1) is 31.9. The van der Waals surface area contributed by atoms with Crippen LogP contribution in [0.3, 0.4) is 0 Å². The molecule has 5 nitrogen and oxygen atoms in total. The number of rotatable bonds is 6. The topological polar surface area (TPSA) is 56.7 Å². The average Bonchev–Trinajstić information content (AvgIpc) is 3.82. The van der Waals surface area contributed by atoms with E-state index in [4.69, 9.17) is 19.4 Å². The average molecular weight is 717 g/mol. The van der Waals surface area contributed by atoms with Crippen LogP contribution in [0.25, 0.3) is 106 Å². The van der Waals surface area contributed by atoms with E-state index in [1.165, 1.54) is 21.8 Å². The van der Waals surface area contributed by atoms with Crippen molar-refractivity contribution in [3.05, 3.63) is 194 Å². The summed E-state index contributed by atoms with van der Waals surface area (Å²) in [7, 11) is 0. The fraction of sp³-hybridized carbons (Fsp3) is 0. The number of nitrogens with zero attached hydrogens (tertiary/aromatic N) is 4. The highest BCUT2D eigenvalue weighted by Gasteiger charge is 2.17. The highest BCUT2D eigenvalue weighted by atomic mass is 16.3. The SMILES string of the molecule is c1ccc(-c2ccc(-c3nc(-c4ccc(-c5ccccc5)cc4)nc(-c4ccc5oc6ccc(-n7c8ccccc8c8ccccc87)cc6c5c4)n3)cc2)cc1. The van der Waals surface area contributed by atoms with Gasteiger partial charge < -0.3 is 8.98 Å². The minimum absolute atomic E-state index is 0.596. The second-order valence-corrected chi connectivity index (χ2v) is 14.1. The van der Waals surface area contributed by atoms with E-state index in [0.29, 0.717) is 17.5 Å². The molecule has 0 aliphatic rings. The van der Waals surface area contributed by atoms with Crippen LogP contribution in [-0.4, -0.2) is 19.5 Å². The molecule has 0 spiro atoms. The summed E-state index contributed by atoms with van der Waals surface area (Å²) in [6.45, 7) is 0. The van der Waals surface area contributed by atoms with Gasteiger partial charge in [0.1, 0.15) is 11.2 Å². The van der Waals surface area contributed by atoms with Gasteiger partial charge in [-0.25, -0.2) is 15.0 Å². The van der Waals surface area contributed by atoms with Crippen LogP contribution < -0.4 is 0 Å². The van der Waals surface area contributed by atoms with E-state index >= 15 is 0 Å². The zero-order valence-electron chi connectivity index (χ0n) is 30.2. The molecule has 0 unspecified atom stereocenters. The van der Waals surface area contributed by atoms with Gasteiger partial charge in [0.05, 0.1) is 11.0 Å². The molecule has 0 saturated carbocycles. The second-order valence-electron chi connectivity index (χ2n) is 14.1. The van der Waals surface area contributed by atoms with Crippen molar-refractivity contribution < 1.29 is 4.42 Å². The molecule has 0 N–H and O–H groups in total. The van der Waals surface area contributed by atoms with Crippen molar-refractivity contribution in [1.82, 2.24) is 19.5 Å². The van der Waals surface area contributed by atoms with Gasteiger partial charge in [-0.1, -0.05) is 146 Å². The van der Waals surface area contributed by atoms with Crippen molar-refractivity contribution in [3.63, 3.8) is 0 Å². The number of para-hydroxylation sites is 2. The first-order valence-electron chi connectivity index (χ1n) is 18.8. The molecular formula is C51H32N4O. The first-order chi connectivity index (χ1) is 27.7. The Balaban J connectivity index is 1.05. The van der Waals surface area contributed by atoms with Gasteiger partial charge in [0.2, 0.25) is 0 Å². The fourth-order valence-electron chi connectivity index (χ4n) is 7.89. The number of benzene rings is 8. The van der Waals surface area contributed by atoms with Gasteiger partial charge in [0.15, 0.2) is 17.5 Å². The highest BCUT2D eigenvalue weighted by molar-refractivity contribution is 6.11. The molecule has 0 fully saturated rings. The zero-order valence-corrected chi connectivity index (χ0v) is 30.2. The summed E-state index contributed by atoms with van der Waals surface area (Å²) < 4.78 is 8.75. The molecule has 0 aliphatic carbocycles. The van der Waals surface area contributed by atoms with Crippen LogP contribution in [-0.2, 0) is 0 Å². The normalized spacial score (nSPS) is 11.6. The maximum Gasteiger partial charge on any atom is 0.164 e. The van der Waals surface area contributed by atoms with E-state index in [1.807, 2.05) is 24.3 Å². The van der Waals surface area contributed by atoms with Crippen LogP contribution in [0.2, 0.25) is 0 Å². The number of aromatic nitrogens is 4. The molecule has 56 heavy (non-hydrogen) atoms. The molecule has 0 amide bonds. The van der Waals surface area contributed by atoms with E-state index < -0.39 is 0 Å². The minimum atomic E-state index is 0.596. The quantitative estimate of drug-likeness (QED) is 0.172. The van der Waals surface area contributed by atoms with Gasteiger partial charge in [0, 0.05) is 43.9 Å². The number of hydrogen-bond donors (Lipinski definition) is 0. The maximum absolute atomic E-state index is 6.41. The summed E-state index contributed by atoms with van der Waals surface area (Å²) in [6.07, 6.45) is 0. The molecule has 11 rings (SSSR count). The Kier molecular flexibility index (Phi) is 7.42. The summed E-state index contributed by atoms with van der Waals surface area (Å²) in [5.74, 6) is 1.82. The lowest BCUT2D eigenvalue weighted by Gasteiger charge is -2.10. The predicted octanol–water partition coefficient (Wildman–Crippen LogP) is 13.2. The van der Waals surface area contributed by atoms with Crippen LogP contribution in [0.4, 0.5) is 0 Å². The summed E-state index contributed by atoms with van der Waals surface area (Å²) in [6, 6.07) is 67.5. The van der Waals surface area contributed by atoms with E-state index in [9.17, 15) is 0 Å². The Labute approximate surface area is 322 Å². The van der Waals surface area contributed by atoms with Gasteiger partial charge >= 0.3 is 0 Å². The molecule has 11 aromatic rings. The van der Waals surface area contributed by atoms with Crippen LogP contribution in [0, 0.1) is 0 Å². The van der Waals surface area contributed by atoms with Gasteiger partial charge in [-0.3, -0.25) is 0 Å². The van der Waals surface area contributed by atoms with Gasteiger partial charge in [-0.15, -0.1) is 0 Å². The standard InChI is InChI=1S/C51H32N4O/c1-3-11-33(12-4-1)35-19-23-37(24-20-35)49-52-50(38-25-21-36(22-26-38)34-13-5-2-6-14-34)54-51(53-49)39-27-29-47-43(31-39)44-32-40(28-30-48(44)56-47)55-45-17-9-7-15-41(45)42-16-8-10-18-46(42)55/h1-32H. The lowest BCUT2D eigenvalue weighted by molar-refractivity contribution is 0.669. The number of hydrogen-bond acceptors (Lipinski definition) is 4. The second kappa shape index (κ2) is 13.0. The third kappa shape index (κ3) is 5.45. The van der Waals surface area contributed by atoms with Crippen LogP contribution in [0.15, 0.2) is 199 Å². The number of fused-ring (bicyclic) bond motifs is 6. The van der Waals surface area contributed by atoms with E-state index in [-0.39, 0.29) is 0 Å². The third-order valence-corrected chi connectivity index (χ3v) is 10.7. The van der Waals surface area contributed by atoms with Crippen LogP contribution in [0.1, 0.15) is 0 Å². The third-order valence-electron chi connectivity index (χ3n) is 10.7. The Morgan fingerprint density at radius 3 is 1.23 bits per heavy atom. The van der Waals surface area contributed by atoms with Gasteiger partial charge in [0.25, 0.3) is 0 Å². The highest BCUT2D eigenvalue weighted by Crippen LogP contribution is 2.37. The Hall–Kier alpha value is -7.63. The van der Waals surface area contributed by atoms with Gasteiger partial charge in [-0.05, 0) is 70.8 Å². The molecule has 0 radical (unpaired) electrons. The molecule has 5 heteroatoms. The zero-order chi connectivity index (χ0) is 37.0. The van der Waals surface area contributed by atoms with Crippen molar-refractivity contribution in [2.24, 2.45) is 0 Å². The lowest BCUT2D eigenvalue weighted by atomic mass is 10.0.